The van der Waals surface area contributed by atoms with Gasteiger partial charge in [-0.25, -0.2) is 4.98 Å². The van der Waals surface area contributed by atoms with Crippen LogP contribution >= 0.6 is 11.3 Å². The highest BCUT2D eigenvalue weighted by molar-refractivity contribution is 7.18. The number of aromatic nitrogens is 2. The molecule has 0 aliphatic carbocycles. The summed E-state index contributed by atoms with van der Waals surface area (Å²) in [4.78, 5) is 11.4. The summed E-state index contributed by atoms with van der Waals surface area (Å²) in [6, 6.07) is 2.14. The van der Waals surface area contributed by atoms with Gasteiger partial charge in [-0.05, 0) is 25.3 Å². The van der Waals surface area contributed by atoms with E-state index in [2.05, 4.69) is 33.6 Å². The van der Waals surface area contributed by atoms with Gasteiger partial charge in [-0.15, -0.1) is 11.3 Å². The molecule has 3 N–H and O–H groups in total. The average Bonchev–Trinajstić information content (AvgIpc) is 2.87. The van der Waals surface area contributed by atoms with Crippen molar-refractivity contribution in [3.63, 3.8) is 0 Å². The zero-order chi connectivity index (χ0) is 15.4. The zero-order valence-corrected chi connectivity index (χ0v) is 13.9. The van der Waals surface area contributed by atoms with Crippen LogP contribution in [0.25, 0.3) is 10.2 Å². The molecule has 0 radical (unpaired) electrons. The van der Waals surface area contributed by atoms with Crippen LogP contribution in [0.3, 0.4) is 0 Å². The highest BCUT2D eigenvalue weighted by Crippen LogP contribution is 2.30. The number of hydrogen-bond acceptors (Lipinski definition) is 6. The van der Waals surface area contributed by atoms with Crippen LogP contribution < -0.4 is 10.6 Å². The molecule has 0 aromatic carbocycles. The van der Waals surface area contributed by atoms with Crippen LogP contribution in [0.2, 0.25) is 0 Å². The van der Waals surface area contributed by atoms with Crippen molar-refractivity contribution >= 4 is 33.3 Å². The summed E-state index contributed by atoms with van der Waals surface area (Å²) >= 11 is 1.70. The van der Waals surface area contributed by atoms with Crippen LogP contribution in [0.15, 0.2) is 6.07 Å². The van der Waals surface area contributed by atoms with Crippen LogP contribution in [0, 0.1) is 5.92 Å². The van der Waals surface area contributed by atoms with Gasteiger partial charge in [0.1, 0.15) is 10.6 Å². The summed E-state index contributed by atoms with van der Waals surface area (Å²) in [5.74, 6) is 1.65. The lowest BCUT2D eigenvalue weighted by Gasteiger charge is -2.16. The van der Waals surface area contributed by atoms with Crippen molar-refractivity contribution in [2.75, 3.05) is 23.7 Å². The highest BCUT2D eigenvalue weighted by atomic mass is 32.1. The Bertz CT molecular complexity index is 597. The summed E-state index contributed by atoms with van der Waals surface area (Å²) in [5.41, 5.74) is 0. The molecule has 116 valence electrons. The normalized spacial score (nSPS) is 12.9. The fraction of sp³-hybridized carbons (Fsp3) is 0.600. The lowest BCUT2D eigenvalue weighted by molar-refractivity contribution is 0.138. The number of nitrogens with one attached hydrogen (secondary N) is 2. The van der Waals surface area contributed by atoms with Crippen LogP contribution in [0.1, 0.15) is 32.6 Å². The van der Waals surface area contributed by atoms with E-state index in [9.17, 15) is 5.11 Å². The smallest absolute Gasteiger partial charge is 0.226 e. The van der Waals surface area contributed by atoms with Gasteiger partial charge in [-0.1, -0.05) is 20.8 Å². The van der Waals surface area contributed by atoms with Gasteiger partial charge < -0.3 is 15.7 Å². The Kier molecular flexibility index (Phi) is 5.36. The molecule has 0 spiro atoms. The molecule has 2 aromatic rings. The monoisotopic (exact) mass is 308 g/mol. The third kappa shape index (κ3) is 3.83. The molecular formula is C15H24N4OS. The minimum atomic E-state index is -0.387. The van der Waals surface area contributed by atoms with Gasteiger partial charge in [0.2, 0.25) is 5.95 Å². The standard InChI is InChI=1S/C15H24N4OS/c1-5-10-7-11-13(17-8-12(20)9(3)4)18-15(16-6-2)19-14(11)21-10/h7,9,12,20H,5-6,8H2,1-4H3,(H2,16,17,18,19). The quantitative estimate of drug-likeness (QED) is 0.733. The van der Waals surface area contributed by atoms with Crippen molar-refractivity contribution in [2.45, 2.75) is 40.2 Å². The lowest BCUT2D eigenvalue weighted by atomic mass is 10.1. The van der Waals surface area contributed by atoms with E-state index in [0.717, 1.165) is 29.0 Å². The molecule has 21 heavy (non-hydrogen) atoms. The summed E-state index contributed by atoms with van der Waals surface area (Å²) in [6.45, 7) is 9.45. The molecule has 2 heterocycles. The van der Waals surface area contributed by atoms with E-state index >= 15 is 0 Å². The van der Waals surface area contributed by atoms with E-state index in [0.29, 0.717) is 12.5 Å². The van der Waals surface area contributed by atoms with E-state index in [4.69, 9.17) is 0 Å². The number of rotatable bonds is 7. The fourth-order valence-electron chi connectivity index (χ4n) is 1.95. The van der Waals surface area contributed by atoms with Gasteiger partial charge in [-0.3, -0.25) is 0 Å². The largest absolute Gasteiger partial charge is 0.391 e. The maximum Gasteiger partial charge on any atom is 0.226 e. The molecule has 5 nitrogen and oxygen atoms in total. The van der Waals surface area contributed by atoms with E-state index < -0.39 is 0 Å². The predicted molar refractivity (Wildman–Crippen MR) is 90.3 cm³/mol. The zero-order valence-electron chi connectivity index (χ0n) is 13.1. The van der Waals surface area contributed by atoms with E-state index in [-0.39, 0.29) is 12.0 Å². The SMILES string of the molecule is CCNc1nc(NCC(O)C(C)C)c2cc(CC)sc2n1. The minimum Gasteiger partial charge on any atom is -0.391 e. The molecule has 2 rings (SSSR count). The summed E-state index contributed by atoms with van der Waals surface area (Å²) < 4.78 is 0. The molecule has 0 saturated heterocycles. The van der Waals surface area contributed by atoms with Crippen LogP contribution in [-0.2, 0) is 6.42 Å². The van der Waals surface area contributed by atoms with Crippen molar-refractivity contribution in [3.8, 4) is 0 Å². The molecule has 2 aromatic heterocycles. The third-order valence-electron chi connectivity index (χ3n) is 3.38. The predicted octanol–water partition coefficient (Wildman–Crippen LogP) is 3.11. The number of fused-ring (bicyclic) bond motifs is 1. The Morgan fingerprint density at radius 2 is 2.00 bits per heavy atom. The first-order chi connectivity index (χ1) is 10.0. The Morgan fingerprint density at radius 3 is 2.62 bits per heavy atom. The molecule has 6 heteroatoms. The maximum absolute atomic E-state index is 9.96. The Balaban J connectivity index is 2.31. The van der Waals surface area contributed by atoms with Gasteiger partial charge in [0.15, 0.2) is 0 Å². The van der Waals surface area contributed by atoms with Gasteiger partial charge in [0.25, 0.3) is 0 Å². The lowest BCUT2D eigenvalue weighted by Crippen LogP contribution is -2.25. The first-order valence-electron chi connectivity index (χ1n) is 7.51. The molecule has 0 bridgehead atoms. The van der Waals surface area contributed by atoms with Gasteiger partial charge >= 0.3 is 0 Å². The van der Waals surface area contributed by atoms with E-state index in [1.54, 1.807) is 11.3 Å². The van der Waals surface area contributed by atoms with Crippen molar-refractivity contribution in [1.82, 2.24) is 9.97 Å². The van der Waals surface area contributed by atoms with Crippen LogP contribution in [0.5, 0.6) is 0 Å². The maximum atomic E-state index is 9.96. The van der Waals surface area contributed by atoms with Crippen molar-refractivity contribution in [2.24, 2.45) is 5.92 Å². The van der Waals surface area contributed by atoms with Gasteiger partial charge in [0.05, 0.1) is 11.5 Å². The Morgan fingerprint density at radius 1 is 1.24 bits per heavy atom. The molecular weight excluding hydrogens is 284 g/mol. The van der Waals surface area contributed by atoms with Crippen molar-refractivity contribution in [1.29, 1.82) is 0 Å². The summed E-state index contributed by atoms with van der Waals surface area (Å²) in [6.07, 6.45) is 0.605. The van der Waals surface area contributed by atoms with Gasteiger partial charge in [0, 0.05) is 18.0 Å². The number of nitrogens with zero attached hydrogens (tertiary/aromatic N) is 2. The first kappa shape index (κ1) is 16.0. The molecule has 0 saturated carbocycles. The number of aliphatic hydroxyl groups excluding tert-OH is 1. The molecule has 0 fully saturated rings. The minimum absolute atomic E-state index is 0.219. The number of hydrogen-bond donors (Lipinski definition) is 3. The highest BCUT2D eigenvalue weighted by Gasteiger charge is 2.14. The summed E-state index contributed by atoms with van der Waals surface area (Å²) in [5, 5.41) is 17.4. The molecule has 0 aliphatic rings. The van der Waals surface area contributed by atoms with Crippen LogP contribution in [0.4, 0.5) is 11.8 Å². The Hall–Kier alpha value is -1.40. The molecule has 1 atom stereocenters. The number of aliphatic hydroxyl groups is 1. The van der Waals surface area contributed by atoms with Crippen molar-refractivity contribution in [3.05, 3.63) is 10.9 Å². The van der Waals surface area contributed by atoms with E-state index in [1.807, 2.05) is 20.8 Å². The molecule has 0 amide bonds. The summed E-state index contributed by atoms with van der Waals surface area (Å²) in [7, 11) is 0. The molecule has 1 unspecified atom stereocenters. The first-order valence-corrected chi connectivity index (χ1v) is 8.33. The third-order valence-corrected chi connectivity index (χ3v) is 4.55. The Labute approximate surface area is 129 Å². The second-order valence-electron chi connectivity index (χ2n) is 5.40. The van der Waals surface area contributed by atoms with E-state index in [1.165, 1.54) is 4.88 Å². The second-order valence-corrected chi connectivity index (χ2v) is 6.52. The van der Waals surface area contributed by atoms with Crippen LogP contribution in [-0.4, -0.2) is 34.3 Å². The van der Waals surface area contributed by atoms with Gasteiger partial charge in [-0.2, -0.15) is 4.98 Å². The second kappa shape index (κ2) is 7.04. The number of thiophene rings is 1. The fourth-order valence-corrected chi connectivity index (χ4v) is 2.92. The molecule has 0 aliphatic heterocycles. The van der Waals surface area contributed by atoms with Crippen molar-refractivity contribution < 1.29 is 5.11 Å². The topological polar surface area (TPSA) is 70.1 Å². The average molecular weight is 308 g/mol. The number of aryl methyl sites for hydroxylation is 1. The number of anilines is 2.